The summed E-state index contributed by atoms with van der Waals surface area (Å²) >= 11 is 0. The highest BCUT2D eigenvalue weighted by Crippen LogP contribution is 2.30. The number of hydrogen-bond acceptors (Lipinski definition) is 5. The monoisotopic (exact) mass is 344 g/mol. The summed E-state index contributed by atoms with van der Waals surface area (Å²) in [6.07, 6.45) is 0. The van der Waals surface area contributed by atoms with Crippen LogP contribution in [0.3, 0.4) is 0 Å². The maximum atomic E-state index is 11.9. The predicted octanol–water partition coefficient (Wildman–Crippen LogP) is 2.90. The summed E-state index contributed by atoms with van der Waals surface area (Å²) in [5.74, 6) is 0.186. The van der Waals surface area contributed by atoms with E-state index in [1.54, 1.807) is 0 Å². The molecule has 132 valence electrons. The Labute approximate surface area is 145 Å². The van der Waals surface area contributed by atoms with Gasteiger partial charge < -0.3 is 14.8 Å². The molecule has 0 aliphatic rings. The van der Waals surface area contributed by atoms with Crippen LogP contribution < -0.4 is 14.8 Å². The first-order valence-corrected chi connectivity index (χ1v) is 7.78. The smallest absolute Gasteiger partial charge is 0.314 e. The lowest BCUT2D eigenvalue weighted by Gasteiger charge is -2.13. The normalized spacial score (nSPS) is 11.4. The first-order valence-electron chi connectivity index (χ1n) is 7.78. The van der Waals surface area contributed by atoms with E-state index in [-0.39, 0.29) is 29.9 Å². The molecule has 0 aliphatic heterocycles. The number of methoxy groups -OCH3 is 1. The van der Waals surface area contributed by atoms with Crippen LogP contribution in [-0.2, 0) is 4.79 Å². The number of ether oxygens (including phenoxy) is 2. The summed E-state index contributed by atoms with van der Waals surface area (Å²) in [6, 6.07) is 14.0. The molecule has 7 heteroatoms. The van der Waals surface area contributed by atoms with E-state index in [2.05, 4.69) is 5.32 Å². The molecule has 2 aromatic rings. The van der Waals surface area contributed by atoms with Crippen LogP contribution in [0.4, 0.5) is 5.69 Å². The molecule has 7 nitrogen and oxygen atoms in total. The molecule has 0 saturated heterocycles. The molecule has 1 amide bonds. The molecule has 0 spiro atoms. The van der Waals surface area contributed by atoms with E-state index in [1.807, 2.05) is 37.3 Å². The zero-order valence-corrected chi connectivity index (χ0v) is 14.1. The van der Waals surface area contributed by atoms with Crippen molar-refractivity contribution in [1.82, 2.24) is 5.32 Å². The van der Waals surface area contributed by atoms with Crippen LogP contribution in [0.15, 0.2) is 48.5 Å². The minimum absolute atomic E-state index is 0.0251. The van der Waals surface area contributed by atoms with Crippen LogP contribution in [0.2, 0.25) is 0 Å². The molecule has 0 bridgehead atoms. The van der Waals surface area contributed by atoms with Gasteiger partial charge in [-0.2, -0.15) is 0 Å². The van der Waals surface area contributed by atoms with Crippen molar-refractivity contribution in [2.75, 3.05) is 20.3 Å². The second-order valence-electron chi connectivity index (χ2n) is 5.50. The van der Waals surface area contributed by atoms with E-state index in [9.17, 15) is 14.9 Å². The fourth-order valence-electron chi connectivity index (χ4n) is 2.25. The molecule has 0 radical (unpaired) electrons. The number of nitro groups is 1. The van der Waals surface area contributed by atoms with E-state index in [0.29, 0.717) is 12.3 Å². The van der Waals surface area contributed by atoms with E-state index >= 15 is 0 Å². The summed E-state index contributed by atoms with van der Waals surface area (Å²) in [4.78, 5) is 22.4. The van der Waals surface area contributed by atoms with Crippen molar-refractivity contribution in [2.45, 2.75) is 12.8 Å². The average Bonchev–Trinajstić information content (AvgIpc) is 2.64. The Kier molecular flexibility index (Phi) is 6.33. The molecule has 2 aromatic carbocycles. The van der Waals surface area contributed by atoms with Crippen molar-refractivity contribution in [3.63, 3.8) is 0 Å². The Hall–Kier alpha value is -3.09. The second-order valence-corrected chi connectivity index (χ2v) is 5.50. The van der Waals surface area contributed by atoms with Gasteiger partial charge in [-0.05, 0) is 23.6 Å². The molecule has 1 atom stereocenters. The highest BCUT2D eigenvalue weighted by molar-refractivity contribution is 5.77. The third kappa shape index (κ3) is 5.20. The molecule has 1 N–H and O–H groups in total. The molecular weight excluding hydrogens is 324 g/mol. The lowest BCUT2D eigenvalue weighted by molar-refractivity contribution is -0.385. The standard InChI is InChI=1S/C18H20N2O5/c1-13(14-6-4-3-5-7-14)11-19-18(21)12-25-17-9-8-15(24-2)10-16(17)20(22)23/h3-10,13H,11-12H2,1-2H3,(H,19,21)/t13-/m1/s1. The fourth-order valence-corrected chi connectivity index (χ4v) is 2.25. The molecule has 0 fully saturated rings. The van der Waals surface area contributed by atoms with E-state index in [1.165, 1.54) is 25.3 Å². The summed E-state index contributed by atoms with van der Waals surface area (Å²) in [5, 5.41) is 13.8. The zero-order chi connectivity index (χ0) is 18.2. The highest BCUT2D eigenvalue weighted by Gasteiger charge is 2.17. The maximum Gasteiger partial charge on any atom is 0.314 e. The van der Waals surface area contributed by atoms with Gasteiger partial charge in [0.25, 0.3) is 5.91 Å². The SMILES string of the molecule is COc1ccc(OCC(=O)NC[C@@H](C)c2ccccc2)c([N+](=O)[O-])c1. The second kappa shape index (κ2) is 8.68. The third-order valence-electron chi connectivity index (χ3n) is 3.70. The minimum Gasteiger partial charge on any atom is -0.496 e. The van der Waals surface area contributed by atoms with Gasteiger partial charge >= 0.3 is 5.69 Å². The van der Waals surface area contributed by atoms with Gasteiger partial charge in [0.15, 0.2) is 12.4 Å². The van der Waals surface area contributed by atoms with E-state index in [0.717, 1.165) is 5.56 Å². The van der Waals surface area contributed by atoms with Gasteiger partial charge in [0.2, 0.25) is 0 Å². The largest absolute Gasteiger partial charge is 0.496 e. The van der Waals surface area contributed by atoms with E-state index < -0.39 is 4.92 Å². The lowest BCUT2D eigenvalue weighted by atomic mass is 10.0. The Balaban J connectivity index is 1.89. The lowest BCUT2D eigenvalue weighted by Crippen LogP contribution is -2.31. The van der Waals surface area contributed by atoms with Crippen molar-refractivity contribution >= 4 is 11.6 Å². The van der Waals surface area contributed by atoms with Gasteiger partial charge in [-0.15, -0.1) is 0 Å². The number of nitrogens with zero attached hydrogens (tertiary/aromatic N) is 1. The molecular formula is C18H20N2O5. The zero-order valence-electron chi connectivity index (χ0n) is 14.1. The van der Waals surface area contributed by atoms with Gasteiger partial charge in [-0.1, -0.05) is 37.3 Å². The third-order valence-corrected chi connectivity index (χ3v) is 3.70. The van der Waals surface area contributed by atoms with E-state index in [4.69, 9.17) is 9.47 Å². The fraction of sp³-hybridized carbons (Fsp3) is 0.278. The number of nitrogens with one attached hydrogen (secondary N) is 1. The van der Waals surface area contributed by atoms with Crippen molar-refractivity contribution in [2.24, 2.45) is 0 Å². The van der Waals surface area contributed by atoms with Gasteiger partial charge in [-0.25, -0.2) is 0 Å². The Bertz CT molecular complexity index is 734. The molecule has 0 unspecified atom stereocenters. The minimum atomic E-state index is -0.576. The first-order chi connectivity index (χ1) is 12.0. The average molecular weight is 344 g/mol. The number of amides is 1. The van der Waals surface area contributed by atoms with Crippen molar-refractivity contribution < 1.29 is 19.2 Å². The van der Waals surface area contributed by atoms with Crippen molar-refractivity contribution in [3.8, 4) is 11.5 Å². The molecule has 0 aliphatic carbocycles. The van der Waals surface area contributed by atoms with Gasteiger partial charge in [-0.3, -0.25) is 14.9 Å². The predicted molar refractivity (Wildman–Crippen MR) is 93.0 cm³/mol. The van der Waals surface area contributed by atoms with Crippen LogP contribution in [0, 0.1) is 10.1 Å². The Morgan fingerprint density at radius 3 is 2.60 bits per heavy atom. The topological polar surface area (TPSA) is 90.7 Å². The van der Waals surface area contributed by atoms with Gasteiger partial charge in [0.1, 0.15) is 5.75 Å². The Morgan fingerprint density at radius 2 is 1.96 bits per heavy atom. The van der Waals surface area contributed by atoms with Crippen molar-refractivity contribution in [3.05, 3.63) is 64.2 Å². The van der Waals surface area contributed by atoms with Crippen molar-refractivity contribution in [1.29, 1.82) is 0 Å². The highest BCUT2D eigenvalue weighted by atomic mass is 16.6. The maximum absolute atomic E-state index is 11.9. The number of rotatable bonds is 8. The number of carbonyl (C=O) groups excluding carboxylic acids is 1. The number of hydrogen-bond donors (Lipinski definition) is 1. The summed E-state index contributed by atoms with van der Waals surface area (Å²) < 4.78 is 10.2. The first kappa shape index (κ1) is 18.3. The number of benzene rings is 2. The Morgan fingerprint density at radius 1 is 1.24 bits per heavy atom. The number of carbonyl (C=O) groups is 1. The van der Waals surface area contributed by atoms with Crippen LogP contribution in [0.1, 0.15) is 18.4 Å². The van der Waals surface area contributed by atoms with Gasteiger partial charge in [0.05, 0.1) is 18.1 Å². The molecule has 0 saturated carbocycles. The van der Waals surface area contributed by atoms with Crippen LogP contribution >= 0.6 is 0 Å². The summed E-state index contributed by atoms with van der Waals surface area (Å²) in [6.45, 7) is 2.16. The summed E-state index contributed by atoms with van der Waals surface area (Å²) in [7, 11) is 1.42. The molecule has 25 heavy (non-hydrogen) atoms. The van der Waals surface area contributed by atoms with Crippen LogP contribution in [0.25, 0.3) is 0 Å². The number of nitro benzene ring substituents is 1. The van der Waals surface area contributed by atoms with Crippen LogP contribution in [-0.4, -0.2) is 31.1 Å². The molecule has 0 heterocycles. The van der Waals surface area contributed by atoms with Crippen LogP contribution in [0.5, 0.6) is 11.5 Å². The summed E-state index contributed by atoms with van der Waals surface area (Å²) in [5.41, 5.74) is 0.874. The molecule has 2 rings (SSSR count). The van der Waals surface area contributed by atoms with Gasteiger partial charge in [0, 0.05) is 6.54 Å². The quantitative estimate of drug-likeness (QED) is 0.587. The molecule has 0 aromatic heterocycles.